The van der Waals surface area contributed by atoms with Crippen molar-refractivity contribution in [2.24, 2.45) is 5.73 Å². The molecule has 1 aromatic rings. The zero-order chi connectivity index (χ0) is 9.14. The predicted octanol–water partition coefficient (Wildman–Crippen LogP) is 1.62. The van der Waals surface area contributed by atoms with E-state index in [0.717, 1.165) is 18.7 Å². The highest BCUT2D eigenvalue weighted by Gasteiger charge is 2.09. The summed E-state index contributed by atoms with van der Waals surface area (Å²) in [6.07, 6.45) is 3.01. The van der Waals surface area contributed by atoms with Crippen molar-refractivity contribution in [3.63, 3.8) is 0 Å². The third-order valence-electron chi connectivity index (χ3n) is 2.15. The molecule has 2 N–H and O–H groups in total. The van der Waals surface area contributed by atoms with Crippen LogP contribution in [0.4, 0.5) is 0 Å². The molecule has 0 aliphatic carbocycles. The lowest BCUT2D eigenvalue weighted by Gasteiger charge is -2.05. The maximum absolute atomic E-state index is 5.91. The van der Waals surface area contributed by atoms with Crippen LogP contribution in [0.3, 0.4) is 0 Å². The zero-order valence-corrected chi connectivity index (χ0v) is 8.04. The van der Waals surface area contributed by atoms with Crippen molar-refractivity contribution in [1.29, 1.82) is 0 Å². The molecule has 0 saturated heterocycles. The standard InChI is InChI=1S/C9H17N3/c1-4-9(10)8-6-12(5-2)11-7(8)3/h6,9H,4-5,10H2,1-3H3. The zero-order valence-electron chi connectivity index (χ0n) is 8.04. The molecule has 0 saturated carbocycles. The summed E-state index contributed by atoms with van der Waals surface area (Å²) in [6.45, 7) is 7.09. The molecule has 1 heterocycles. The summed E-state index contributed by atoms with van der Waals surface area (Å²) in [5.41, 5.74) is 8.15. The third kappa shape index (κ3) is 1.67. The Morgan fingerprint density at radius 2 is 2.25 bits per heavy atom. The average molecular weight is 167 g/mol. The Kier molecular flexibility index (Phi) is 2.87. The van der Waals surface area contributed by atoms with Gasteiger partial charge in [0.05, 0.1) is 5.69 Å². The Hall–Kier alpha value is -0.830. The Labute approximate surface area is 73.6 Å². The lowest BCUT2D eigenvalue weighted by Crippen LogP contribution is -2.08. The van der Waals surface area contributed by atoms with Crippen molar-refractivity contribution in [1.82, 2.24) is 9.78 Å². The molecule has 1 atom stereocenters. The van der Waals surface area contributed by atoms with E-state index >= 15 is 0 Å². The van der Waals surface area contributed by atoms with Gasteiger partial charge in [0.25, 0.3) is 0 Å². The summed E-state index contributed by atoms with van der Waals surface area (Å²) in [5, 5.41) is 4.33. The lowest BCUT2D eigenvalue weighted by atomic mass is 10.1. The molecule has 0 aromatic carbocycles. The molecule has 0 radical (unpaired) electrons. The Morgan fingerprint density at radius 3 is 2.67 bits per heavy atom. The fourth-order valence-corrected chi connectivity index (χ4v) is 1.28. The molecule has 68 valence electrons. The van der Waals surface area contributed by atoms with Crippen LogP contribution in [0.25, 0.3) is 0 Å². The van der Waals surface area contributed by atoms with E-state index in [4.69, 9.17) is 5.73 Å². The van der Waals surface area contributed by atoms with Gasteiger partial charge in [-0.3, -0.25) is 4.68 Å². The summed E-state index contributed by atoms with van der Waals surface area (Å²) in [7, 11) is 0. The number of nitrogens with two attached hydrogens (primary N) is 1. The van der Waals surface area contributed by atoms with Crippen molar-refractivity contribution in [3.8, 4) is 0 Å². The molecule has 0 fully saturated rings. The van der Waals surface area contributed by atoms with Gasteiger partial charge in [0, 0.05) is 24.3 Å². The topological polar surface area (TPSA) is 43.8 Å². The van der Waals surface area contributed by atoms with E-state index in [1.54, 1.807) is 0 Å². The molecule has 1 rings (SSSR count). The Morgan fingerprint density at radius 1 is 1.58 bits per heavy atom. The van der Waals surface area contributed by atoms with Crippen LogP contribution in [0, 0.1) is 6.92 Å². The number of aromatic nitrogens is 2. The quantitative estimate of drug-likeness (QED) is 0.743. The fourth-order valence-electron chi connectivity index (χ4n) is 1.28. The van der Waals surface area contributed by atoms with Gasteiger partial charge in [-0.05, 0) is 20.3 Å². The first-order valence-electron chi connectivity index (χ1n) is 4.48. The van der Waals surface area contributed by atoms with Gasteiger partial charge >= 0.3 is 0 Å². The van der Waals surface area contributed by atoms with Gasteiger partial charge in [0.2, 0.25) is 0 Å². The molecule has 3 heteroatoms. The average Bonchev–Trinajstić information content (AvgIpc) is 2.45. The van der Waals surface area contributed by atoms with Crippen LogP contribution in [-0.2, 0) is 6.54 Å². The second-order valence-corrected chi connectivity index (χ2v) is 3.04. The second kappa shape index (κ2) is 3.72. The SMILES string of the molecule is CCC(N)c1cn(CC)nc1C. The van der Waals surface area contributed by atoms with Crippen molar-refractivity contribution in [2.75, 3.05) is 0 Å². The highest BCUT2D eigenvalue weighted by atomic mass is 15.3. The Balaban J connectivity index is 2.91. The molecular formula is C9H17N3. The summed E-state index contributed by atoms with van der Waals surface area (Å²) in [5.74, 6) is 0. The third-order valence-corrected chi connectivity index (χ3v) is 2.15. The van der Waals surface area contributed by atoms with Gasteiger partial charge in [-0.15, -0.1) is 0 Å². The lowest BCUT2D eigenvalue weighted by molar-refractivity contribution is 0.650. The molecule has 3 nitrogen and oxygen atoms in total. The normalized spacial score (nSPS) is 13.3. The van der Waals surface area contributed by atoms with E-state index in [1.807, 2.05) is 17.8 Å². The minimum atomic E-state index is 0.144. The van der Waals surface area contributed by atoms with Gasteiger partial charge in [0.1, 0.15) is 0 Å². The van der Waals surface area contributed by atoms with Gasteiger partial charge in [-0.1, -0.05) is 6.92 Å². The smallest absolute Gasteiger partial charge is 0.0641 e. The highest BCUT2D eigenvalue weighted by molar-refractivity contribution is 5.19. The van der Waals surface area contributed by atoms with E-state index in [9.17, 15) is 0 Å². The minimum Gasteiger partial charge on any atom is -0.324 e. The number of nitrogens with zero attached hydrogens (tertiary/aromatic N) is 2. The Bertz CT molecular complexity index is 252. The van der Waals surface area contributed by atoms with Crippen LogP contribution in [0.1, 0.15) is 37.6 Å². The molecular weight excluding hydrogens is 150 g/mol. The minimum absolute atomic E-state index is 0.144. The molecule has 0 aliphatic rings. The van der Waals surface area contributed by atoms with E-state index < -0.39 is 0 Å². The van der Waals surface area contributed by atoms with E-state index in [-0.39, 0.29) is 6.04 Å². The fraction of sp³-hybridized carbons (Fsp3) is 0.667. The molecule has 0 amide bonds. The highest BCUT2D eigenvalue weighted by Crippen LogP contribution is 2.16. The molecule has 0 spiro atoms. The largest absolute Gasteiger partial charge is 0.324 e. The van der Waals surface area contributed by atoms with Crippen LogP contribution in [0.2, 0.25) is 0 Å². The first-order chi connectivity index (χ1) is 5.69. The molecule has 0 bridgehead atoms. The summed E-state index contributed by atoms with van der Waals surface area (Å²) < 4.78 is 1.93. The van der Waals surface area contributed by atoms with Crippen LogP contribution >= 0.6 is 0 Å². The summed E-state index contributed by atoms with van der Waals surface area (Å²) >= 11 is 0. The number of hydrogen-bond donors (Lipinski definition) is 1. The van der Waals surface area contributed by atoms with Crippen molar-refractivity contribution >= 4 is 0 Å². The first-order valence-corrected chi connectivity index (χ1v) is 4.48. The first kappa shape index (κ1) is 9.26. The second-order valence-electron chi connectivity index (χ2n) is 3.04. The number of aryl methyl sites for hydroxylation is 2. The van der Waals surface area contributed by atoms with Gasteiger partial charge < -0.3 is 5.73 Å². The molecule has 0 aliphatic heterocycles. The van der Waals surface area contributed by atoms with Gasteiger partial charge in [-0.25, -0.2) is 0 Å². The van der Waals surface area contributed by atoms with E-state index in [0.29, 0.717) is 0 Å². The summed E-state index contributed by atoms with van der Waals surface area (Å²) in [4.78, 5) is 0. The maximum Gasteiger partial charge on any atom is 0.0641 e. The van der Waals surface area contributed by atoms with Crippen molar-refractivity contribution in [2.45, 2.75) is 39.8 Å². The van der Waals surface area contributed by atoms with Crippen molar-refractivity contribution in [3.05, 3.63) is 17.5 Å². The van der Waals surface area contributed by atoms with Gasteiger partial charge in [0.15, 0.2) is 0 Å². The summed E-state index contributed by atoms with van der Waals surface area (Å²) in [6, 6.07) is 0.144. The molecule has 1 aromatic heterocycles. The predicted molar refractivity (Wildman–Crippen MR) is 49.9 cm³/mol. The monoisotopic (exact) mass is 167 g/mol. The van der Waals surface area contributed by atoms with Crippen LogP contribution < -0.4 is 5.73 Å². The maximum atomic E-state index is 5.91. The van der Waals surface area contributed by atoms with Crippen molar-refractivity contribution < 1.29 is 0 Å². The van der Waals surface area contributed by atoms with E-state index in [1.165, 1.54) is 5.56 Å². The number of hydrogen-bond acceptors (Lipinski definition) is 2. The number of rotatable bonds is 3. The van der Waals surface area contributed by atoms with Crippen LogP contribution in [-0.4, -0.2) is 9.78 Å². The van der Waals surface area contributed by atoms with E-state index in [2.05, 4.69) is 18.9 Å². The molecule has 12 heavy (non-hydrogen) atoms. The molecule has 1 unspecified atom stereocenters. The van der Waals surface area contributed by atoms with Crippen LogP contribution in [0.5, 0.6) is 0 Å². The van der Waals surface area contributed by atoms with Gasteiger partial charge in [-0.2, -0.15) is 5.10 Å². The van der Waals surface area contributed by atoms with Crippen LogP contribution in [0.15, 0.2) is 6.20 Å².